The van der Waals surface area contributed by atoms with Crippen molar-refractivity contribution in [2.45, 2.75) is 23.0 Å². The van der Waals surface area contributed by atoms with Gasteiger partial charge in [-0.15, -0.1) is 11.8 Å². The molecule has 3 nitrogen and oxygen atoms in total. The van der Waals surface area contributed by atoms with Crippen LogP contribution in [0.3, 0.4) is 0 Å². The second-order valence-corrected chi connectivity index (χ2v) is 7.45. The van der Waals surface area contributed by atoms with Crippen molar-refractivity contribution in [3.05, 3.63) is 75.9 Å². The molecule has 0 bridgehead atoms. The highest BCUT2D eigenvalue weighted by Crippen LogP contribution is 2.36. The van der Waals surface area contributed by atoms with Crippen molar-refractivity contribution in [2.24, 2.45) is 0 Å². The van der Waals surface area contributed by atoms with Gasteiger partial charge in [-0.2, -0.15) is 31.3 Å². The van der Waals surface area contributed by atoms with E-state index < -0.39 is 23.5 Å². The van der Waals surface area contributed by atoms with Gasteiger partial charge in [0, 0.05) is 9.92 Å². The number of hydrogen-bond donors (Lipinski definition) is 0. The van der Waals surface area contributed by atoms with Gasteiger partial charge >= 0.3 is 12.4 Å². The lowest BCUT2D eigenvalue weighted by Crippen LogP contribution is -2.11. The molecule has 0 amide bonds. The van der Waals surface area contributed by atoms with E-state index >= 15 is 0 Å². The Morgan fingerprint density at radius 3 is 2.07 bits per heavy atom. The Morgan fingerprint density at radius 2 is 1.50 bits per heavy atom. The third-order valence-electron chi connectivity index (χ3n) is 3.69. The molecule has 0 N–H and O–H groups in total. The van der Waals surface area contributed by atoms with E-state index in [1.54, 1.807) is 24.3 Å². The molecule has 0 unspecified atom stereocenters. The first-order chi connectivity index (χ1) is 14.0. The molecule has 0 aliphatic carbocycles. The van der Waals surface area contributed by atoms with Crippen molar-refractivity contribution in [3.63, 3.8) is 0 Å². The average molecular weight is 465 g/mol. The summed E-state index contributed by atoms with van der Waals surface area (Å²) in [6, 6.07) is 8.34. The zero-order valence-electron chi connectivity index (χ0n) is 14.8. The lowest BCUT2D eigenvalue weighted by molar-refractivity contribution is -0.143. The fourth-order valence-electron chi connectivity index (χ4n) is 2.32. The molecule has 2 aromatic carbocycles. The Kier molecular flexibility index (Phi) is 6.47. The SMILES string of the molecule is FC(F)(F)c1cc(C=Cc2noc(CSc3ccc(Cl)cc3)n2)cc(C(F)(F)F)c1. The van der Waals surface area contributed by atoms with Crippen LogP contribution >= 0.6 is 23.4 Å². The van der Waals surface area contributed by atoms with Gasteiger partial charge in [-0.25, -0.2) is 0 Å². The summed E-state index contributed by atoms with van der Waals surface area (Å²) >= 11 is 7.19. The number of rotatable bonds is 5. The monoisotopic (exact) mass is 464 g/mol. The molecule has 158 valence electrons. The number of halogens is 7. The second-order valence-electron chi connectivity index (χ2n) is 5.96. The fourth-order valence-corrected chi connectivity index (χ4v) is 3.18. The first-order valence-corrected chi connectivity index (χ1v) is 9.55. The van der Waals surface area contributed by atoms with Gasteiger partial charge in [-0.05, 0) is 54.1 Å². The molecule has 0 aliphatic heterocycles. The molecular formula is C19H11ClF6N2OS. The van der Waals surface area contributed by atoms with Gasteiger partial charge < -0.3 is 4.52 Å². The predicted octanol–water partition coefficient (Wildman–Crippen LogP) is 7.22. The molecule has 3 rings (SSSR count). The summed E-state index contributed by atoms with van der Waals surface area (Å²) < 4.78 is 82.5. The second kappa shape index (κ2) is 8.73. The standard InChI is InChI=1S/C19H11ClF6N2OS/c20-14-2-4-15(5-3-14)30-10-17-27-16(28-29-17)6-1-11-7-12(18(21,22)23)9-13(8-11)19(24,25)26/h1-9H,10H2. The van der Waals surface area contributed by atoms with Crippen LogP contribution in [-0.2, 0) is 18.1 Å². The number of thioether (sulfide) groups is 1. The van der Waals surface area contributed by atoms with Crippen LogP contribution in [0.2, 0.25) is 5.02 Å². The highest BCUT2D eigenvalue weighted by Gasteiger charge is 2.36. The minimum atomic E-state index is -4.91. The molecule has 11 heteroatoms. The van der Waals surface area contributed by atoms with Crippen LogP contribution in [0.5, 0.6) is 0 Å². The van der Waals surface area contributed by atoms with Crippen molar-refractivity contribution in [2.75, 3.05) is 0 Å². The maximum absolute atomic E-state index is 12.9. The number of nitrogens with zero attached hydrogens (tertiary/aromatic N) is 2. The maximum Gasteiger partial charge on any atom is 0.416 e. The maximum atomic E-state index is 12.9. The Balaban J connectivity index is 1.75. The van der Waals surface area contributed by atoms with E-state index in [1.165, 1.54) is 17.8 Å². The summed E-state index contributed by atoms with van der Waals surface area (Å²) in [5.41, 5.74) is -3.09. The predicted molar refractivity (Wildman–Crippen MR) is 101 cm³/mol. The molecule has 1 aromatic heterocycles. The molecule has 0 saturated heterocycles. The van der Waals surface area contributed by atoms with Crippen LogP contribution in [0.1, 0.15) is 28.4 Å². The van der Waals surface area contributed by atoms with Gasteiger partial charge in [0.1, 0.15) is 0 Å². The number of alkyl halides is 6. The molecule has 0 aliphatic rings. The smallest absolute Gasteiger partial charge is 0.338 e. The summed E-state index contributed by atoms with van der Waals surface area (Å²) in [5.74, 6) is 0.590. The minimum absolute atomic E-state index is 0.0210. The van der Waals surface area contributed by atoms with Crippen LogP contribution in [0.4, 0.5) is 26.3 Å². The fraction of sp³-hybridized carbons (Fsp3) is 0.158. The van der Waals surface area contributed by atoms with Gasteiger partial charge in [0.05, 0.1) is 16.9 Å². The molecule has 3 aromatic rings. The van der Waals surface area contributed by atoms with Crippen LogP contribution in [-0.4, -0.2) is 10.1 Å². The normalized spacial score (nSPS) is 12.6. The van der Waals surface area contributed by atoms with Gasteiger partial charge in [-0.1, -0.05) is 22.8 Å². The van der Waals surface area contributed by atoms with Crippen molar-refractivity contribution in [3.8, 4) is 0 Å². The Bertz CT molecular complexity index is 1010. The topological polar surface area (TPSA) is 38.9 Å². The first-order valence-electron chi connectivity index (χ1n) is 8.19. The van der Waals surface area contributed by atoms with Gasteiger partial charge in [0.25, 0.3) is 0 Å². The largest absolute Gasteiger partial charge is 0.416 e. The van der Waals surface area contributed by atoms with Crippen molar-refractivity contribution in [1.82, 2.24) is 10.1 Å². The van der Waals surface area contributed by atoms with E-state index in [1.807, 2.05) is 0 Å². The molecule has 0 fully saturated rings. The molecule has 0 spiro atoms. The molecule has 0 saturated carbocycles. The lowest BCUT2D eigenvalue weighted by atomic mass is 10.0. The Morgan fingerprint density at radius 1 is 0.900 bits per heavy atom. The number of benzene rings is 2. The van der Waals surface area contributed by atoms with Gasteiger partial charge in [0.15, 0.2) is 5.82 Å². The number of aromatic nitrogens is 2. The van der Waals surface area contributed by atoms with Crippen LogP contribution in [0.15, 0.2) is 51.9 Å². The zero-order chi connectivity index (χ0) is 21.9. The lowest BCUT2D eigenvalue weighted by Gasteiger charge is -2.12. The molecule has 0 atom stereocenters. The van der Waals surface area contributed by atoms with E-state index in [0.29, 0.717) is 22.9 Å². The third kappa shape index (κ3) is 6.02. The molecule has 0 radical (unpaired) electrons. The summed E-state index contributed by atoms with van der Waals surface area (Å²) in [4.78, 5) is 4.95. The summed E-state index contributed by atoms with van der Waals surface area (Å²) in [7, 11) is 0. The molecule has 30 heavy (non-hydrogen) atoms. The highest BCUT2D eigenvalue weighted by molar-refractivity contribution is 7.98. The van der Waals surface area contributed by atoms with Crippen molar-refractivity contribution in [1.29, 1.82) is 0 Å². The minimum Gasteiger partial charge on any atom is -0.338 e. The van der Waals surface area contributed by atoms with Crippen LogP contribution < -0.4 is 0 Å². The van der Waals surface area contributed by atoms with E-state index in [9.17, 15) is 26.3 Å². The number of hydrogen-bond acceptors (Lipinski definition) is 4. The van der Waals surface area contributed by atoms with Crippen molar-refractivity contribution < 1.29 is 30.9 Å². The highest BCUT2D eigenvalue weighted by atomic mass is 35.5. The summed E-state index contributed by atoms with van der Waals surface area (Å²) in [6.45, 7) is 0. The molecule has 1 heterocycles. The summed E-state index contributed by atoms with van der Waals surface area (Å²) in [6.07, 6.45) is -7.59. The van der Waals surface area contributed by atoms with Crippen LogP contribution in [0, 0.1) is 0 Å². The average Bonchev–Trinajstić information content (AvgIpc) is 3.12. The summed E-state index contributed by atoms with van der Waals surface area (Å²) in [5, 5.41) is 4.24. The Labute approximate surface area is 175 Å². The first kappa shape index (κ1) is 22.2. The zero-order valence-corrected chi connectivity index (χ0v) is 16.3. The quantitative estimate of drug-likeness (QED) is 0.295. The van der Waals surface area contributed by atoms with Gasteiger partial charge in [-0.3, -0.25) is 0 Å². The molecular weight excluding hydrogens is 454 g/mol. The van der Waals surface area contributed by atoms with Crippen molar-refractivity contribution >= 4 is 35.5 Å². The van der Waals surface area contributed by atoms with Gasteiger partial charge in [0.2, 0.25) is 5.89 Å². The van der Waals surface area contributed by atoms with E-state index in [-0.39, 0.29) is 23.3 Å². The van der Waals surface area contributed by atoms with E-state index in [0.717, 1.165) is 11.0 Å². The van der Waals surface area contributed by atoms with E-state index in [4.69, 9.17) is 16.1 Å². The van der Waals surface area contributed by atoms with Crippen LogP contribution in [0.25, 0.3) is 12.2 Å². The Hall–Kier alpha value is -2.46. The van der Waals surface area contributed by atoms with E-state index in [2.05, 4.69) is 10.1 Å². The third-order valence-corrected chi connectivity index (χ3v) is 4.94.